The molecule has 8 heteroatoms. The maximum atomic E-state index is 13.3. The zero-order chi connectivity index (χ0) is 12.6. The molecule has 0 unspecified atom stereocenters. The molecule has 18 heavy (non-hydrogen) atoms. The summed E-state index contributed by atoms with van der Waals surface area (Å²) < 4.78 is 37.2. The summed E-state index contributed by atoms with van der Waals surface area (Å²) in [4.78, 5) is 0. The van der Waals surface area contributed by atoms with Crippen molar-refractivity contribution < 1.29 is 23.4 Å². The molecule has 1 atom stereocenters. The van der Waals surface area contributed by atoms with Crippen LogP contribution in [-0.4, -0.2) is 24.4 Å². The lowest BCUT2D eigenvalue weighted by molar-refractivity contribution is -0.0713. The minimum absolute atomic E-state index is 0. The highest BCUT2D eigenvalue weighted by molar-refractivity contribution is 9.10. The predicted molar refractivity (Wildman–Crippen MR) is 66.5 cm³/mol. The predicted octanol–water partition coefficient (Wildman–Crippen LogP) is 2.23. The quantitative estimate of drug-likeness (QED) is 0.881. The van der Waals surface area contributed by atoms with Crippen LogP contribution in [0.5, 0.6) is 11.5 Å². The molecule has 102 valence electrons. The van der Waals surface area contributed by atoms with E-state index in [-0.39, 0.29) is 24.8 Å². The van der Waals surface area contributed by atoms with Crippen LogP contribution in [0.25, 0.3) is 0 Å². The van der Waals surface area contributed by atoms with Gasteiger partial charge in [-0.1, -0.05) is 15.9 Å². The van der Waals surface area contributed by atoms with Crippen molar-refractivity contribution in [3.63, 3.8) is 0 Å². The molecule has 1 heterocycles. The van der Waals surface area contributed by atoms with E-state index in [1.54, 1.807) is 0 Å². The van der Waals surface area contributed by atoms with Crippen LogP contribution >= 0.6 is 28.3 Å². The lowest BCUT2D eigenvalue weighted by Gasteiger charge is -2.22. The second-order valence-corrected chi connectivity index (χ2v) is 4.48. The highest BCUT2D eigenvalue weighted by Gasteiger charge is 2.39. The third-order valence-corrected chi connectivity index (χ3v) is 3.18. The molecule has 0 bridgehead atoms. The number of nitrogens with two attached hydrogens (primary N) is 1. The Morgan fingerprint density at radius 1 is 1.39 bits per heavy atom. The molecule has 1 aliphatic heterocycles. The van der Waals surface area contributed by atoms with E-state index in [2.05, 4.69) is 15.9 Å². The molecule has 1 aromatic rings. The number of hydrogen-bond acceptors (Lipinski definition) is 4. The molecular weight excluding hydrogens is 335 g/mol. The Kier molecular flexibility index (Phi) is 4.77. The van der Waals surface area contributed by atoms with Crippen molar-refractivity contribution in [1.29, 1.82) is 0 Å². The van der Waals surface area contributed by atoms with Crippen LogP contribution in [-0.2, 0) is 0 Å². The normalized spacial score (nSPS) is 15.2. The molecule has 3 N–H and O–H groups in total. The fourth-order valence-electron chi connectivity index (χ4n) is 1.50. The average Bonchev–Trinajstić information content (AvgIpc) is 2.73. The molecule has 0 aromatic heterocycles. The van der Waals surface area contributed by atoms with Crippen molar-refractivity contribution in [2.75, 3.05) is 13.4 Å². The van der Waals surface area contributed by atoms with Crippen LogP contribution in [0.4, 0.5) is 8.78 Å². The van der Waals surface area contributed by atoms with Gasteiger partial charge in [0.1, 0.15) is 6.61 Å². The van der Waals surface area contributed by atoms with Gasteiger partial charge in [-0.25, -0.2) is 8.78 Å². The summed E-state index contributed by atoms with van der Waals surface area (Å²) in [7, 11) is 0. The first-order valence-corrected chi connectivity index (χ1v) is 5.58. The van der Waals surface area contributed by atoms with Gasteiger partial charge in [0.2, 0.25) is 6.79 Å². The van der Waals surface area contributed by atoms with Crippen LogP contribution < -0.4 is 15.2 Å². The largest absolute Gasteiger partial charge is 0.454 e. The van der Waals surface area contributed by atoms with E-state index in [9.17, 15) is 8.78 Å². The van der Waals surface area contributed by atoms with Gasteiger partial charge < -0.3 is 20.3 Å². The fraction of sp³-hybridized carbons (Fsp3) is 0.400. The Morgan fingerprint density at radius 2 is 1.94 bits per heavy atom. The Morgan fingerprint density at radius 3 is 2.50 bits per heavy atom. The lowest BCUT2D eigenvalue weighted by Crippen LogP contribution is -2.36. The zero-order valence-electron chi connectivity index (χ0n) is 9.03. The summed E-state index contributed by atoms with van der Waals surface area (Å²) in [6.45, 7) is -1.26. The maximum absolute atomic E-state index is 13.3. The molecule has 0 aliphatic carbocycles. The molecule has 0 fully saturated rings. The van der Waals surface area contributed by atoms with Crippen LogP contribution in [0.15, 0.2) is 16.6 Å². The van der Waals surface area contributed by atoms with Crippen molar-refractivity contribution in [1.82, 2.24) is 0 Å². The third kappa shape index (κ3) is 2.69. The molecule has 4 nitrogen and oxygen atoms in total. The minimum atomic E-state index is -3.39. The minimum Gasteiger partial charge on any atom is -0.454 e. The second kappa shape index (κ2) is 5.56. The molecule has 1 aromatic carbocycles. The van der Waals surface area contributed by atoms with E-state index < -0.39 is 18.6 Å². The van der Waals surface area contributed by atoms with Crippen LogP contribution in [0, 0.1) is 0 Å². The van der Waals surface area contributed by atoms with Crippen LogP contribution in [0.1, 0.15) is 11.6 Å². The Labute approximate surface area is 117 Å². The first-order chi connectivity index (χ1) is 7.95. The maximum Gasteiger partial charge on any atom is 0.289 e. The number of halogens is 4. The monoisotopic (exact) mass is 345 g/mol. The summed E-state index contributed by atoms with van der Waals surface area (Å²) in [5.74, 6) is -2.55. The Bertz CT molecular complexity index is 447. The number of fused-ring (bicyclic) bond motifs is 1. The number of rotatable bonds is 3. The summed E-state index contributed by atoms with van der Waals surface area (Å²) in [6, 6.07) is 1.29. The molecule has 0 saturated carbocycles. The summed E-state index contributed by atoms with van der Waals surface area (Å²) >= 11 is 3.14. The van der Waals surface area contributed by atoms with Crippen LogP contribution in [0.3, 0.4) is 0 Å². The van der Waals surface area contributed by atoms with Gasteiger partial charge in [-0.15, -0.1) is 12.4 Å². The van der Waals surface area contributed by atoms with E-state index in [0.29, 0.717) is 16.0 Å². The third-order valence-electron chi connectivity index (χ3n) is 2.49. The first kappa shape index (κ1) is 15.4. The molecule has 0 amide bonds. The van der Waals surface area contributed by atoms with Gasteiger partial charge in [0.25, 0.3) is 5.92 Å². The van der Waals surface area contributed by atoms with Crippen molar-refractivity contribution in [2.24, 2.45) is 5.73 Å². The van der Waals surface area contributed by atoms with Crippen molar-refractivity contribution >= 4 is 28.3 Å². The number of aliphatic hydroxyl groups is 1. The van der Waals surface area contributed by atoms with Crippen LogP contribution in [0.2, 0.25) is 0 Å². The van der Waals surface area contributed by atoms with Gasteiger partial charge in [0.05, 0.1) is 6.04 Å². The molecule has 0 radical (unpaired) electrons. The topological polar surface area (TPSA) is 64.7 Å². The smallest absolute Gasteiger partial charge is 0.289 e. The van der Waals surface area contributed by atoms with E-state index in [0.717, 1.165) is 0 Å². The van der Waals surface area contributed by atoms with E-state index in [4.69, 9.17) is 20.3 Å². The summed E-state index contributed by atoms with van der Waals surface area (Å²) in [6.07, 6.45) is 0. The number of alkyl halides is 2. The van der Waals surface area contributed by atoms with E-state index in [1.807, 2.05) is 0 Å². The highest BCUT2D eigenvalue weighted by Crippen LogP contribution is 2.41. The summed E-state index contributed by atoms with van der Waals surface area (Å²) in [5, 5.41) is 8.61. The van der Waals surface area contributed by atoms with Gasteiger partial charge in [0.15, 0.2) is 11.5 Å². The van der Waals surface area contributed by atoms with Gasteiger partial charge >= 0.3 is 0 Å². The zero-order valence-corrected chi connectivity index (χ0v) is 11.4. The van der Waals surface area contributed by atoms with Gasteiger partial charge in [-0.3, -0.25) is 0 Å². The highest BCUT2D eigenvalue weighted by atomic mass is 79.9. The molecule has 0 spiro atoms. The Balaban J connectivity index is 0.00000162. The van der Waals surface area contributed by atoms with Crippen molar-refractivity contribution in [3.05, 3.63) is 22.2 Å². The molecule has 1 aliphatic rings. The van der Waals surface area contributed by atoms with Gasteiger partial charge in [-0.05, 0) is 17.7 Å². The second-order valence-electron chi connectivity index (χ2n) is 3.62. The van der Waals surface area contributed by atoms with Crippen molar-refractivity contribution in [2.45, 2.75) is 12.0 Å². The number of aliphatic hydroxyl groups excluding tert-OH is 1. The summed E-state index contributed by atoms with van der Waals surface area (Å²) in [5.41, 5.74) is 5.60. The standard InChI is InChI=1S/C10H10BrF2NO3.ClH/c11-6-2-8-7(16-4-17-8)1-5(6)9(14)10(12,13)3-15;/h1-2,9,15H,3-4,14H2;1H/t9-;/m0./s1. The molecule has 2 rings (SSSR count). The number of ether oxygens (including phenoxy) is 2. The van der Waals surface area contributed by atoms with E-state index in [1.165, 1.54) is 12.1 Å². The molecular formula is C10H11BrClF2NO3. The Hall–Kier alpha value is -0.630. The van der Waals surface area contributed by atoms with Gasteiger partial charge in [0, 0.05) is 4.47 Å². The first-order valence-electron chi connectivity index (χ1n) is 4.79. The fourth-order valence-corrected chi connectivity index (χ4v) is 2.07. The lowest BCUT2D eigenvalue weighted by atomic mass is 10.0. The number of benzene rings is 1. The molecule has 0 saturated heterocycles. The average molecular weight is 347 g/mol. The van der Waals surface area contributed by atoms with E-state index >= 15 is 0 Å². The number of hydrogen-bond donors (Lipinski definition) is 2. The van der Waals surface area contributed by atoms with Gasteiger partial charge in [-0.2, -0.15) is 0 Å². The van der Waals surface area contributed by atoms with Crippen molar-refractivity contribution in [3.8, 4) is 11.5 Å². The SMILES string of the molecule is Cl.N[C@@H](c1cc2c(cc1Br)OCO2)C(F)(F)CO.